The standard InChI is InChI=1S/C13H17BrO2/c1-3-9-7-11(13-15-5-6-16-13)12(14)8-10(9)4-2/h7-8,13H,3-6H2,1-2H3. The molecule has 1 aromatic rings. The van der Waals surface area contributed by atoms with Crippen LogP contribution in [-0.2, 0) is 22.3 Å². The predicted octanol–water partition coefficient (Wildman–Crippen LogP) is 3.62. The van der Waals surface area contributed by atoms with Crippen molar-refractivity contribution in [1.82, 2.24) is 0 Å². The summed E-state index contributed by atoms with van der Waals surface area (Å²) in [5.41, 5.74) is 3.91. The van der Waals surface area contributed by atoms with Gasteiger partial charge in [0, 0.05) is 10.0 Å². The first-order chi connectivity index (χ1) is 7.76. The van der Waals surface area contributed by atoms with Gasteiger partial charge in [0.05, 0.1) is 13.2 Å². The fourth-order valence-electron chi connectivity index (χ4n) is 2.06. The van der Waals surface area contributed by atoms with Crippen LogP contribution in [0.5, 0.6) is 0 Å². The van der Waals surface area contributed by atoms with E-state index >= 15 is 0 Å². The van der Waals surface area contributed by atoms with Gasteiger partial charge in [-0.1, -0.05) is 29.8 Å². The van der Waals surface area contributed by atoms with E-state index in [1.165, 1.54) is 11.1 Å². The minimum atomic E-state index is -0.189. The van der Waals surface area contributed by atoms with E-state index < -0.39 is 0 Å². The first-order valence-electron chi connectivity index (χ1n) is 5.80. The van der Waals surface area contributed by atoms with Gasteiger partial charge in [0.25, 0.3) is 0 Å². The van der Waals surface area contributed by atoms with Crippen LogP contribution >= 0.6 is 15.9 Å². The zero-order valence-corrected chi connectivity index (χ0v) is 11.3. The lowest BCUT2D eigenvalue weighted by Crippen LogP contribution is -2.02. The summed E-state index contributed by atoms with van der Waals surface area (Å²) >= 11 is 3.60. The van der Waals surface area contributed by atoms with Crippen molar-refractivity contribution in [2.24, 2.45) is 0 Å². The summed E-state index contributed by atoms with van der Waals surface area (Å²) in [5.74, 6) is 0. The van der Waals surface area contributed by atoms with E-state index in [4.69, 9.17) is 9.47 Å². The third kappa shape index (κ3) is 2.31. The lowest BCUT2D eigenvalue weighted by Gasteiger charge is -2.15. The molecular formula is C13H17BrO2. The predicted molar refractivity (Wildman–Crippen MR) is 67.5 cm³/mol. The summed E-state index contributed by atoms with van der Waals surface area (Å²) in [4.78, 5) is 0. The van der Waals surface area contributed by atoms with Crippen molar-refractivity contribution in [2.75, 3.05) is 13.2 Å². The molecule has 1 heterocycles. The zero-order chi connectivity index (χ0) is 11.5. The molecule has 0 radical (unpaired) electrons. The molecule has 2 rings (SSSR count). The minimum absolute atomic E-state index is 0.189. The highest BCUT2D eigenvalue weighted by atomic mass is 79.9. The Hall–Kier alpha value is -0.380. The molecule has 1 aliphatic heterocycles. The average Bonchev–Trinajstić information content (AvgIpc) is 2.82. The molecule has 0 amide bonds. The Kier molecular flexibility index (Phi) is 4.00. The van der Waals surface area contributed by atoms with E-state index in [1.807, 2.05) is 0 Å². The molecule has 1 aromatic carbocycles. The SMILES string of the molecule is CCc1cc(Br)c(C2OCCO2)cc1CC. The highest BCUT2D eigenvalue weighted by molar-refractivity contribution is 9.10. The molecule has 1 saturated heterocycles. The Balaban J connectivity index is 2.37. The highest BCUT2D eigenvalue weighted by Crippen LogP contribution is 2.32. The van der Waals surface area contributed by atoms with Crippen LogP contribution < -0.4 is 0 Å². The quantitative estimate of drug-likeness (QED) is 0.844. The second kappa shape index (κ2) is 5.30. The summed E-state index contributed by atoms with van der Waals surface area (Å²) in [5, 5.41) is 0. The van der Waals surface area contributed by atoms with Gasteiger partial charge in [-0.3, -0.25) is 0 Å². The molecule has 0 aliphatic carbocycles. The van der Waals surface area contributed by atoms with Gasteiger partial charge in [0.15, 0.2) is 6.29 Å². The molecule has 0 atom stereocenters. The number of benzene rings is 1. The van der Waals surface area contributed by atoms with Crippen molar-refractivity contribution in [2.45, 2.75) is 33.0 Å². The van der Waals surface area contributed by atoms with Gasteiger partial charge in [-0.25, -0.2) is 0 Å². The van der Waals surface area contributed by atoms with Crippen LogP contribution in [0.25, 0.3) is 0 Å². The van der Waals surface area contributed by atoms with Crippen LogP contribution in [0.3, 0.4) is 0 Å². The number of rotatable bonds is 3. The van der Waals surface area contributed by atoms with Gasteiger partial charge >= 0.3 is 0 Å². The molecule has 16 heavy (non-hydrogen) atoms. The normalized spacial score (nSPS) is 16.9. The second-order valence-corrected chi connectivity index (χ2v) is 4.78. The summed E-state index contributed by atoms with van der Waals surface area (Å²) in [7, 11) is 0. The van der Waals surface area contributed by atoms with Gasteiger partial charge < -0.3 is 9.47 Å². The maximum absolute atomic E-state index is 5.54. The Bertz CT molecular complexity index is 370. The Labute approximate surface area is 105 Å². The van der Waals surface area contributed by atoms with Crippen LogP contribution in [0.4, 0.5) is 0 Å². The van der Waals surface area contributed by atoms with Gasteiger partial charge in [-0.05, 0) is 36.1 Å². The Morgan fingerprint density at radius 3 is 2.25 bits per heavy atom. The summed E-state index contributed by atoms with van der Waals surface area (Å²) in [6, 6.07) is 4.40. The largest absolute Gasteiger partial charge is 0.346 e. The van der Waals surface area contributed by atoms with Crippen LogP contribution in [0.2, 0.25) is 0 Å². The fourth-order valence-corrected chi connectivity index (χ4v) is 2.63. The van der Waals surface area contributed by atoms with Crippen LogP contribution in [0, 0.1) is 0 Å². The van der Waals surface area contributed by atoms with Crippen molar-refractivity contribution in [3.8, 4) is 0 Å². The minimum Gasteiger partial charge on any atom is -0.346 e. The van der Waals surface area contributed by atoms with Gasteiger partial charge in [-0.15, -0.1) is 0 Å². The van der Waals surface area contributed by atoms with E-state index in [2.05, 4.69) is 41.9 Å². The third-order valence-corrected chi connectivity index (χ3v) is 3.64. The van der Waals surface area contributed by atoms with Gasteiger partial charge in [0.2, 0.25) is 0 Å². The van der Waals surface area contributed by atoms with Crippen molar-refractivity contribution in [3.63, 3.8) is 0 Å². The lowest BCUT2D eigenvalue weighted by molar-refractivity contribution is -0.0446. The molecule has 3 heteroatoms. The Morgan fingerprint density at radius 2 is 1.69 bits per heavy atom. The maximum Gasteiger partial charge on any atom is 0.185 e. The Morgan fingerprint density at radius 1 is 1.12 bits per heavy atom. The summed E-state index contributed by atoms with van der Waals surface area (Å²) in [6.45, 7) is 5.74. The summed E-state index contributed by atoms with van der Waals surface area (Å²) in [6.07, 6.45) is 1.93. The van der Waals surface area contributed by atoms with Crippen LogP contribution in [0.1, 0.15) is 36.8 Å². The molecule has 2 nitrogen and oxygen atoms in total. The highest BCUT2D eigenvalue weighted by Gasteiger charge is 2.21. The average molecular weight is 285 g/mol. The fraction of sp³-hybridized carbons (Fsp3) is 0.538. The smallest absolute Gasteiger partial charge is 0.185 e. The molecule has 0 N–H and O–H groups in total. The van der Waals surface area contributed by atoms with Crippen LogP contribution in [0.15, 0.2) is 16.6 Å². The van der Waals surface area contributed by atoms with Gasteiger partial charge in [0.1, 0.15) is 0 Å². The molecule has 0 unspecified atom stereocenters. The van der Waals surface area contributed by atoms with Crippen molar-refractivity contribution in [3.05, 3.63) is 33.3 Å². The second-order valence-electron chi connectivity index (χ2n) is 3.92. The molecular weight excluding hydrogens is 268 g/mol. The van der Waals surface area contributed by atoms with Crippen LogP contribution in [-0.4, -0.2) is 13.2 Å². The molecule has 0 spiro atoms. The number of aryl methyl sites for hydroxylation is 2. The number of ether oxygens (including phenoxy) is 2. The van der Waals surface area contributed by atoms with Crippen molar-refractivity contribution < 1.29 is 9.47 Å². The van der Waals surface area contributed by atoms with Crippen molar-refractivity contribution >= 4 is 15.9 Å². The first kappa shape index (κ1) is 12.1. The number of hydrogen-bond donors (Lipinski definition) is 0. The van der Waals surface area contributed by atoms with E-state index in [1.54, 1.807) is 0 Å². The molecule has 0 aromatic heterocycles. The summed E-state index contributed by atoms with van der Waals surface area (Å²) < 4.78 is 12.2. The monoisotopic (exact) mass is 284 g/mol. The van der Waals surface area contributed by atoms with E-state index in [0.717, 1.165) is 22.9 Å². The van der Waals surface area contributed by atoms with Crippen molar-refractivity contribution in [1.29, 1.82) is 0 Å². The third-order valence-electron chi connectivity index (χ3n) is 2.96. The molecule has 0 saturated carbocycles. The number of hydrogen-bond acceptors (Lipinski definition) is 2. The zero-order valence-electron chi connectivity index (χ0n) is 9.75. The molecule has 1 fully saturated rings. The van der Waals surface area contributed by atoms with E-state index in [0.29, 0.717) is 13.2 Å². The van der Waals surface area contributed by atoms with E-state index in [-0.39, 0.29) is 6.29 Å². The molecule has 88 valence electrons. The topological polar surface area (TPSA) is 18.5 Å². The first-order valence-corrected chi connectivity index (χ1v) is 6.60. The maximum atomic E-state index is 5.54. The molecule has 1 aliphatic rings. The lowest BCUT2D eigenvalue weighted by atomic mass is 10.00. The van der Waals surface area contributed by atoms with Gasteiger partial charge in [-0.2, -0.15) is 0 Å². The number of halogens is 1. The van der Waals surface area contributed by atoms with E-state index in [9.17, 15) is 0 Å². The molecule has 0 bridgehead atoms.